The van der Waals surface area contributed by atoms with Gasteiger partial charge in [-0.15, -0.1) is 0 Å². The summed E-state index contributed by atoms with van der Waals surface area (Å²) in [5.41, 5.74) is 2.62. The van der Waals surface area contributed by atoms with Crippen molar-refractivity contribution in [1.82, 2.24) is 4.98 Å². The molecule has 1 aromatic carbocycles. The smallest absolute Gasteiger partial charge is 0.358 e. The van der Waals surface area contributed by atoms with Crippen LogP contribution in [0.15, 0.2) is 16.5 Å². The molecule has 0 saturated heterocycles. The Morgan fingerprint density at radius 1 is 1.30 bits per heavy atom. The molecule has 0 saturated carbocycles. The van der Waals surface area contributed by atoms with E-state index < -0.39 is 5.97 Å². The summed E-state index contributed by atoms with van der Waals surface area (Å²) in [6.07, 6.45) is 0. The molecule has 0 aliphatic rings. The maximum absolute atomic E-state index is 11.0. The predicted octanol–water partition coefficient (Wildman–Crippen LogP) is 3.36. The highest BCUT2D eigenvalue weighted by atomic mass is 16.5. The van der Waals surface area contributed by atoms with Crippen LogP contribution in [-0.2, 0) is 0 Å². The van der Waals surface area contributed by atoms with Crippen molar-refractivity contribution in [3.05, 3.63) is 34.7 Å². The maximum Gasteiger partial charge on any atom is 0.358 e. The number of oxazole rings is 1. The van der Waals surface area contributed by atoms with Gasteiger partial charge < -0.3 is 14.3 Å². The summed E-state index contributed by atoms with van der Waals surface area (Å²) < 4.78 is 11.0. The zero-order valence-corrected chi connectivity index (χ0v) is 12.0. The lowest BCUT2D eigenvalue weighted by Crippen LogP contribution is -1.99. The van der Waals surface area contributed by atoms with Gasteiger partial charge in [0.15, 0.2) is 5.69 Å². The van der Waals surface area contributed by atoms with Crippen LogP contribution in [0.25, 0.3) is 11.5 Å². The lowest BCUT2D eigenvalue weighted by molar-refractivity contribution is 0.0689. The topological polar surface area (TPSA) is 72.6 Å². The number of hydrogen-bond acceptors (Lipinski definition) is 4. The lowest BCUT2D eigenvalue weighted by Gasteiger charge is -2.10. The SMILES string of the molecule is CCOc1cc(C)c(-c2nc(C(=O)O)c(C)o2)cc1C. The molecule has 1 heterocycles. The van der Waals surface area contributed by atoms with E-state index in [1.54, 1.807) is 6.92 Å². The molecule has 20 heavy (non-hydrogen) atoms. The second kappa shape index (κ2) is 5.36. The Kier molecular flexibility index (Phi) is 3.79. The molecule has 106 valence electrons. The molecule has 0 aliphatic carbocycles. The number of benzene rings is 1. The third-order valence-electron chi connectivity index (χ3n) is 3.05. The van der Waals surface area contributed by atoms with Crippen molar-refractivity contribution < 1.29 is 19.1 Å². The highest BCUT2D eigenvalue weighted by molar-refractivity contribution is 5.87. The molecule has 5 nitrogen and oxygen atoms in total. The van der Waals surface area contributed by atoms with E-state index in [0.717, 1.165) is 22.4 Å². The molecule has 0 atom stereocenters. The fourth-order valence-corrected chi connectivity index (χ4v) is 2.04. The first-order valence-electron chi connectivity index (χ1n) is 6.39. The van der Waals surface area contributed by atoms with Gasteiger partial charge in [0.2, 0.25) is 5.89 Å². The molecule has 0 radical (unpaired) electrons. The van der Waals surface area contributed by atoms with Gasteiger partial charge in [-0.1, -0.05) is 0 Å². The van der Waals surface area contributed by atoms with Crippen LogP contribution in [0.2, 0.25) is 0 Å². The van der Waals surface area contributed by atoms with E-state index in [4.69, 9.17) is 14.3 Å². The fraction of sp³-hybridized carbons (Fsp3) is 0.333. The van der Waals surface area contributed by atoms with E-state index in [0.29, 0.717) is 18.3 Å². The van der Waals surface area contributed by atoms with E-state index in [-0.39, 0.29) is 5.69 Å². The number of carbonyl (C=O) groups is 1. The maximum atomic E-state index is 11.0. The van der Waals surface area contributed by atoms with Crippen LogP contribution < -0.4 is 4.74 Å². The van der Waals surface area contributed by atoms with Crippen molar-refractivity contribution in [2.24, 2.45) is 0 Å². The van der Waals surface area contributed by atoms with Crippen molar-refractivity contribution in [2.45, 2.75) is 27.7 Å². The van der Waals surface area contributed by atoms with Crippen LogP contribution in [0.3, 0.4) is 0 Å². The molecule has 0 unspecified atom stereocenters. The second-order valence-electron chi connectivity index (χ2n) is 4.59. The van der Waals surface area contributed by atoms with Gasteiger partial charge in [-0.25, -0.2) is 9.78 Å². The average Bonchev–Trinajstić information content (AvgIpc) is 2.76. The Hall–Kier alpha value is -2.30. The molecule has 0 aliphatic heterocycles. The standard InChI is InChI=1S/C15H17NO4/c1-5-19-12-7-8(2)11(6-9(12)3)14-16-13(15(17)18)10(4)20-14/h6-7H,5H2,1-4H3,(H,17,18). The molecule has 0 fully saturated rings. The Morgan fingerprint density at radius 2 is 2.00 bits per heavy atom. The number of carboxylic acids is 1. The molecule has 0 bridgehead atoms. The van der Waals surface area contributed by atoms with Gasteiger partial charge in [-0.05, 0) is 51.0 Å². The van der Waals surface area contributed by atoms with E-state index >= 15 is 0 Å². The summed E-state index contributed by atoms with van der Waals surface area (Å²) >= 11 is 0. The molecule has 1 N–H and O–H groups in total. The summed E-state index contributed by atoms with van der Waals surface area (Å²) in [7, 11) is 0. The van der Waals surface area contributed by atoms with Crippen molar-refractivity contribution in [3.63, 3.8) is 0 Å². The molecule has 5 heteroatoms. The van der Waals surface area contributed by atoms with Gasteiger partial charge in [0.1, 0.15) is 11.5 Å². The second-order valence-corrected chi connectivity index (χ2v) is 4.59. The highest BCUT2D eigenvalue weighted by Crippen LogP contribution is 2.30. The monoisotopic (exact) mass is 275 g/mol. The average molecular weight is 275 g/mol. The molecule has 2 aromatic rings. The zero-order chi connectivity index (χ0) is 14.9. The molecule has 2 rings (SSSR count). The Morgan fingerprint density at radius 3 is 2.55 bits per heavy atom. The van der Waals surface area contributed by atoms with Crippen LogP contribution >= 0.6 is 0 Å². The third kappa shape index (κ3) is 2.52. The van der Waals surface area contributed by atoms with Crippen LogP contribution in [0, 0.1) is 20.8 Å². The van der Waals surface area contributed by atoms with Gasteiger partial charge in [0.25, 0.3) is 0 Å². The lowest BCUT2D eigenvalue weighted by atomic mass is 10.0. The van der Waals surface area contributed by atoms with Gasteiger partial charge in [0, 0.05) is 5.56 Å². The number of hydrogen-bond donors (Lipinski definition) is 1. The van der Waals surface area contributed by atoms with Crippen molar-refractivity contribution in [1.29, 1.82) is 0 Å². The van der Waals surface area contributed by atoms with E-state index in [2.05, 4.69) is 4.98 Å². The van der Waals surface area contributed by atoms with Crippen molar-refractivity contribution in [2.75, 3.05) is 6.61 Å². The summed E-state index contributed by atoms with van der Waals surface area (Å²) in [5.74, 6) is 0.357. The molecular formula is C15H17NO4. The molecule has 0 amide bonds. The van der Waals surface area contributed by atoms with Crippen LogP contribution in [0.4, 0.5) is 0 Å². The Labute approximate surface area is 117 Å². The quantitative estimate of drug-likeness (QED) is 0.926. The Bertz CT molecular complexity index is 658. The number of aromatic nitrogens is 1. The summed E-state index contributed by atoms with van der Waals surface area (Å²) in [4.78, 5) is 15.1. The van der Waals surface area contributed by atoms with Crippen LogP contribution in [0.5, 0.6) is 5.75 Å². The van der Waals surface area contributed by atoms with Gasteiger partial charge in [-0.3, -0.25) is 0 Å². The molecule has 0 spiro atoms. The van der Waals surface area contributed by atoms with E-state index in [1.165, 1.54) is 0 Å². The summed E-state index contributed by atoms with van der Waals surface area (Å²) in [5, 5.41) is 9.02. The zero-order valence-electron chi connectivity index (χ0n) is 12.0. The number of aryl methyl sites for hydroxylation is 3. The van der Waals surface area contributed by atoms with Crippen LogP contribution in [0.1, 0.15) is 34.3 Å². The van der Waals surface area contributed by atoms with E-state index in [1.807, 2.05) is 32.9 Å². The minimum atomic E-state index is -1.09. The first-order valence-corrected chi connectivity index (χ1v) is 6.39. The summed E-state index contributed by atoms with van der Waals surface area (Å²) in [6, 6.07) is 3.81. The first kappa shape index (κ1) is 14.1. The van der Waals surface area contributed by atoms with Crippen molar-refractivity contribution in [3.8, 4) is 17.2 Å². The van der Waals surface area contributed by atoms with E-state index in [9.17, 15) is 4.79 Å². The number of ether oxygens (including phenoxy) is 1. The number of carboxylic acid groups (broad SMARTS) is 1. The summed E-state index contributed by atoms with van der Waals surface area (Å²) in [6.45, 7) is 7.97. The highest BCUT2D eigenvalue weighted by Gasteiger charge is 2.19. The minimum Gasteiger partial charge on any atom is -0.494 e. The van der Waals surface area contributed by atoms with Gasteiger partial charge >= 0.3 is 5.97 Å². The third-order valence-corrected chi connectivity index (χ3v) is 3.05. The van der Waals surface area contributed by atoms with Gasteiger partial charge in [-0.2, -0.15) is 0 Å². The van der Waals surface area contributed by atoms with Gasteiger partial charge in [0.05, 0.1) is 6.61 Å². The van der Waals surface area contributed by atoms with Crippen LogP contribution in [-0.4, -0.2) is 22.7 Å². The first-order chi connectivity index (χ1) is 9.43. The predicted molar refractivity (Wildman–Crippen MR) is 74.3 cm³/mol. The van der Waals surface area contributed by atoms with Crippen molar-refractivity contribution >= 4 is 5.97 Å². The number of nitrogens with zero attached hydrogens (tertiary/aromatic N) is 1. The minimum absolute atomic E-state index is 0.0501. The normalized spacial score (nSPS) is 10.6. The number of aromatic carboxylic acids is 1. The fourth-order valence-electron chi connectivity index (χ4n) is 2.04. The molecule has 1 aromatic heterocycles. The molecular weight excluding hydrogens is 258 g/mol. The Balaban J connectivity index is 2.50. The number of rotatable bonds is 4. The largest absolute Gasteiger partial charge is 0.494 e.